The van der Waals surface area contributed by atoms with Crippen molar-refractivity contribution >= 4 is 40.7 Å². The lowest BCUT2D eigenvalue weighted by atomic mass is 10.1. The van der Waals surface area contributed by atoms with Crippen LogP contribution in [0, 0.1) is 0 Å². The molecule has 0 unspecified atom stereocenters. The van der Waals surface area contributed by atoms with E-state index in [1.807, 2.05) is 28.8 Å². The Labute approximate surface area is 181 Å². The normalized spacial score (nSPS) is 11.0. The van der Waals surface area contributed by atoms with Crippen molar-refractivity contribution in [2.75, 3.05) is 5.75 Å². The molecule has 0 radical (unpaired) electrons. The van der Waals surface area contributed by atoms with Gasteiger partial charge in [0.2, 0.25) is 0 Å². The van der Waals surface area contributed by atoms with Crippen molar-refractivity contribution in [2.45, 2.75) is 11.7 Å². The van der Waals surface area contributed by atoms with E-state index in [0.29, 0.717) is 33.1 Å². The molecule has 0 bridgehead atoms. The molecule has 0 saturated heterocycles. The van der Waals surface area contributed by atoms with Gasteiger partial charge in [0.15, 0.2) is 16.8 Å². The van der Waals surface area contributed by atoms with Gasteiger partial charge in [0.05, 0.1) is 23.6 Å². The van der Waals surface area contributed by atoms with E-state index in [4.69, 9.17) is 27.6 Å². The molecule has 0 fully saturated rings. The van der Waals surface area contributed by atoms with Crippen LogP contribution >= 0.6 is 35.0 Å². The number of furan rings is 1. The number of rotatable bonds is 7. The molecule has 0 amide bonds. The molecule has 2 heterocycles. The lowest BCUT2D eigenvalue weighted by Crippen LogP contribution is -2.07. The predicted octanol–water partition coefficient (Wildman–Crippen LogP) is 5.87. The molecule has 0 atom stereocenters. The first-order valence-corrected chi connectivity index (χ1v) is 10.5. The molecule has 29 heavy (non-hydrogen) atoms. The first-order valence-electron chi connectivity index (χ1n) is 8.74. The van der Waals surface area contributed by atoms with E-state index in [9.17, 15) is 4.79 Å². The maximum Gasteiger partial charge on any atom is 0.192 e. The van der Waals surface area contributed by atoms with Crippen molar-refractivity contribution in [1.29, 1.82) is 0 Å². The Morgan fingerprint density at radius 2 is 1.79 bits per heavy atom. The van der Waals surface area contributed by atoms with E-state index >= 15 is 0 Å². The molecule has 0 aliphatic rings. The van der Waals surface area contributed by atoms with Crippen molar-refractivity contribution in [1.82, 2.24) is 14.8 Å². The van der Waals surface area contributed by atoms with Crippen molar-refractivity contribution < 1.29 is 9.21 Å². The minimum Gasteiger partial charge on any atom is -0.467 e. The maximum atomic E-state index is 12.6. The Kier molecular flexibility index (Phi) is 6.04. The molecule has 0 aliphatic carbocycles. The zero-order chi connectivity index (χ0) is 20.2. The van der Waals surface area contributed by atoms with Gasteiger partial charge in [0.25, 0.3) is 0 Å². The average molecular weight is 444 g/mol. The highest BCUT2D eigenvalue weighted by Gasteiger charge is 2.18. The molecule has 2 aromatic carbocycles. The molecule has 0 aliphatic heterocycles. The Morgan fingerprint density at radius 1 is 1.00 bits per heavy atom. The van der Waals surface area contributed by atoms with E-state index in [1.165, 1.54) is 11.8 Å². The number of hydrogen-bond donors (Lipinski definition) is 0. The summed E-state index contributed by atoms with van der Waals surface area (Å²) in [6.07, 6.45) is 1.62. The molecular formula is C21H15Cl2N3O2S. The largest absolute Gasteiger partial charge is 0.467 e. The fourth-order valence-corrected chi connectivity index (χ4v) is 3.99. The summed E-state index contributed by atoms with van der Waals surface area (Å²) >= 11 is 13.5. The van der Waals surface area contributed by atoms with Gasteiger partial charge >= 0.3 is 0 Å². The quantitative estimate of drug-likeness (QED) is 0.264. The van der Waals surface area contributed by atoms with Gasteiger partial charge in [-0.05, 0) is 48.5 Å². The zero-order valence-corrected chi connectivity index (χ0v) is 17.4. The molecule has 8 heteroatoms. The van der Waals surface area contributed by atoms with Gasteiger partial charge in [-0.2, -0.15) is 0 Å². The van der Waals surface area contributed by atoms with Crippen LogP contribution in [0.15, 0.2) is 76.5 Å². The summed E-state index contributed by atoms with van der Waals surface area (Å²) in [5.41, 5.74) is 1.37. The number of carbonyl (C=O) groups excluding carboxylic acids is 1. The summed E-state index contributed by atoms with van der Waals surface area (Å²) in [5.74, 6) is 1.56. The summed E-state index contributed by atoms with van der Waals surface area (Å²) in [5, 5.41) is 10.3. The molecule has 4 rings (SSSR count). The molecule has 2 aromatic heterocycles. The van der Waals surface area contributed by atoms with Crippen LogP contribution in [0.4, 0.5) is 0 Å². The van der Waals surface area contributed by atoms with Crippen LogP contribution in [0.3, 0.4) is 0 Å². The van der Waals surface area contributed by atoms with Crippen LogP contribution in [0.5, 0.6) is 0 Å². The number of thioether (sulfide) groups is 1. The average Bonchev–Trinajstić information content (AvgIpc) is 3.38. The van der Waals surface area contributed by atoms with Gasteiger partial charge in [-0.1, -0.05) is 47.1 Å². The van der Waals surface area contributed by atoms with Gasteiger partial charge < -0.3 is 4.42 Å². The summed E-state index contributed by atoms with van der Waals surface area (Å²) in [4.78, 5) is 12.6. The van der Waals surface area contributed by atoms with Crippen molar-refractivity contribution in [3.63, 3.8) is 0 Å². The fourth-order valence-electron chi connectivity index (χ4n) is 2.80. The second-order valence-electron chi connectivity index (χ2n) is 6.17. The molecular weight excluding hydrogens is 429 g/mol. The number of carbonyl (C=O) groups is 1. The molecule has 146 valence electrons. The van der Waals surface area contributed by atoms with Crippen molar-refractivity contribution in [3.05, 3.63) is 88.3 Å². The summed E-state index contributed by atoms with van der Waals surface area (Å²) in [6.45, 7) is 0.445. The highest BCUT2D eigenvalue weighted by Crippen LogP contribution is 2.27. The lowest BCUT2D eigenvalue weighted by molar-refractivity contribution is 0.102. The summed E-state index contributed by atoms with van der Waals surface area (Å²) in [6, 6.07) is 18.1. The first kappa shape index (κ1) is 19.8. The minimum absolute atomic E-state index is 0.0683. The third-order valence-corrected chi connectivity index (χ3v) is 5.77. The summed E-state index contributed by atoms with van der Waals surface area (Å²) in [7, 11) is 0. The predicted molar refractivity (Wildman–Crippen MR) is 115 cm³/mol. The number of aromatic nitrogens is 3. The van der Waals surface area contributed by atoms with Crippen LogP contribution in [0.2, 0.25) is 10.0 Å². The third-order valence-electron chi connectivity index (χ3n) is 4.22. The van der Waals surface area contributed by atoms with Gasteiger partial charge in [-0.25, -0.2) is 0 Å². The van der Waals surface area contributed by atoms with E-state index in [2.05, 4.69) is 10.2 Å². The number of ketones is 1. The van der Waals surface area contributed by atoms with Gasteiger partial charge in [0, 0.05) is 16.1 Å². The smallest absolute Gasteiger partial charge is 0.192 e. The van der Waals surface area contributed by atoms with Crippen LogP contribution in [0.1, 0.15) is 16.1 Å². The maximum absolute atomic E-state index is 12.6. The second kappa shape index (κ2) is 8.86. The highest BCUT2D eigenvalue weighted by atomic mass is 35.5. The highest BCUT2D eigenvalue weighted by molar-refractivity contribution is 7.99. The number of Topliss-reactive ketones (excluding diaryl/α,β-unsaturated/α-hetero) is 1. The lowest BCUT2D eigenvalue weighted by Gasteiger charge is -2.09. The fraction of sp³-hybridized carbons (Fsp3) is 0.0952. The van der Waals surface area contributed by atoms with Crippen molar-refractivity contribution in [2.24, 2.45) is 0 Å². The standard InChI is InChI=1S/C21H15Cl2N3O2S/c22-15-9-7-14(8-10-15)20-24-25-21(26(20)12-16-4-3-11-28-16)29-13-19(27)17-5-1-2-6-18(17)23/h1-11H,12-13H2. The Morgan fingerprint density at radius 3 is 2.52 bits per heavy atom. The van der Waals surface area contributed by atoms with E-state index < -0.39 is 0 Å². The number of nitrogens with zero attached hydrogens (tertiary/aromatic N) is 3. The van der Waals surface area contributed by atoms with Gasteiger partial charge in [-0.3, -0.25) is 9.36 Å². The number of benzene rings is 2. The summed E-state index contributed by atoms with van der Waals surface area (Å²) < 4.78 is 7.41. The third kappa shape index (κ3) is 4.56. The van der Waals surface area contributed by atoms with E-state index in [-0.39, 0.29) is 11.5 Å². The number of halogens is 2. The first-order chi connectivity index (χ1) is 14.1. The Hall–Kier alpha value is -2.54. The monoisotopic (exact) mass is 443 g/mol. The molecule has 4 aromatic rings. The van der Waals surface area contributed by atoms with Gasteiger partial charge in [-0.15, -0.1) is 10.2 Å². The SMILES string of the molecule is O=C(CSc1nnc(-c2ccc(Cl)cc2)n1Cc1ccco1)c1ccccc1Cl. The molecule has 0 spiro atoms. The van der Waals surface area contributed by atoms with Crippen LogP contribution in [0.25, 0.3) is 11.4 Å². The Bertz CT molecular complexity index is 1130. The Balaban J connectivity index is 1.61. The molecule has 0 saturated carbocycles. The van der Waals surface area contributed by atoms with E-state index in [0.717, 1.165) is 11.3 Å². The molecule has 5 nitrogen and oxygen atoms in total. The van der Waals surface area contributed by atoms with Crippen LogP contribution < -0.4 is 0 Å². The topological polar surface area (TPSA) is 60.9 Å². The van der Waals surface area contributed by atoms with Gasteiger partial charge in [0.1, 0.15) is 5.76 Å². The van der Waals surface area contributed by atoms with Crippen LogP contribution in [-0.2, 0) is 6.54 Å². The zero-order valence-electron chi connectivity index (χ0n) is 15.1. The minimum atomic E-state index is -0.0683. The number of hydrogen-bond acceptors (Lipinski definition) is 5. The van der Waals surface area contributed by atoms with Crippen molar-refractivity contribution in [3.8, 4) is 11.4 Å². The van der Waals surface area contributed by atoms with Crippen LogP contribution in [-0.4, -0.2) is 26.3 Å². The molecule has 0 N–H and O–H groups in total. The van der Waals surface area contributed by atoms with E-state index in [1.54, 1.807) is 42.7 Å². The second-order valence-corrected chi connectivity index (χ2v) is 7.96.